The molecule has 0 fully saturated rings. The average molecular weight is 236 g/mol. The second kappa shape index (κ2) is 5.50. The normalized spacial score (nSPS) is 13.7. The molecule has 1 rings (SSSR count). The van der Waals surface area contributed by atoms with Gasteiger partial charge in [-0.3, -0.25) is 4.79 Å². The van der Waals surface area contributed by atoms with Crippen LogP contribution < -0.4 is 10.9 Å². The van der Waals surface area contributed by atoms with Crippen molar-refractivity contribution < 1.29 is 0 Å². The van der Waals surface area contributed by atoms with E-state index in [1.54, 1.807) is 6.07 Å². The van der Waals surface area contributed by atoms with Gasteiger partial charge in [0, 0.05) is 24.3 Å². The number of aromatic nitrogens is 1. The zero-order valence-electron chi connectivity index (χ0n) is 11.6. The molecule has 1 N–H and O–H groups in total. The van der Waals surface area contributed by atoms with Crippen LogP contribution >= 0.6 is 0 Å². The van der Waals surface area contributed by atoms with Crippen LogP contribution in [0.4, 0.5) is 0 Å². The molecule has 0 spiro atoms. The maximum atomic E-state index is 11.8. The number of pyridine rings is 1. The average Bonchev–Trinajstić information content (AvgIpc) is 2.20. The van der Waals surface area contributed by atoms with Gasteiger partial charge < -0.3 is 9.88 Å². The second-order valence-corrected chi connectivity index (χ2v) is 5.59. The van der Waals surface area contributed by atoms with E-state index in [0.29, 0.717) is 6.04 Å². The minimum Gasteiger partial charge on any atom is -0.312 e. The molecule has 0 aliphatic carbocycles. The maximum Gasteiger partial charge on any atom is 0.250 e. The Morgan fingerprint density at radius 3 is 2.47 bits per heavy atom. The molecule has 1 unspecified atom stereocenters. The van der Waals surface area contributed by atoms with Crippen molar-refractivity contribution in [3.63, 3.8) is 0 Å². The molecule has 0 aliphatic heterocycles. The SMILES string of the molecule is CCNC(Cn1c(C)cccc1=O)C(C)(C)C. The van der Waals surface area contributed by atoms with Gasteiger partial charge in [0.25, 0.3) is 5.56 Å². The fourth-order valence-corrected chi connectivity index (χ4v) is 1.93. The number of aryl methyl sites for hydroxylation is 1. The zero-order valence-corrected chi connectivity index (χ0v) is 11.6. The minimum absolute atomic E-state index is 0.0807. The van der Waals surface area contributed by atoms with E-state index in [2.05, 4.69) is 33.0 Å². The molecule has 1 heterocycles. The molecule has 0 saturated carbocycles. The summed E-state index contributed by atoms with van der Waals surface area (Å²) in [7, 11) is 0. The van der Waals surface area contributed by atoms with Gasteiger partial charge in [-0.25, -0.2) is 0 Å². The van der Waals surface area contributed by atoms with E-state index in [-0.39, 0.29) is 11.0 Å². The van der Waals surface area contributed by atoms with Crippen molar-refractivity contribution >= 4 is 0 Å². The smallest absolute Gasteiger partial charge is 0.250 e. The van der Waals surface area contributed by atoms with Gasteiger partial charge in [-0.15, -0.1) is 0 Å². The van der Waals surface area contributed by atoms with Gasteiger partial charge in [0.2, 0.25) is 0 Å². The molecule has 1 atom stereocenters. The monoisotopic (exact) mass is 236 g/mol. The lowest BCUT2D eigenvalue weighted by molar-refractivity contribution is 0.242. The summed E-state index contributed by atoms with van der Waals surface area (Å²) in [4.78, 5) is 11.8. The van der Waals surface area contributed by atoms with Crippen molar-refractivity contribution in [1.82, 2.24) is 9.88 Å². The summed E-state index contributed by atoms with van der Waals surface area (Å²) in [5.41, 5.74) is 1.24. The first-order valence-electron chi connectivity index (χ1n) is 6.26. The van der Waals surface area contributed by atoms with E-state index in [0.717, 1.165) is 18.8 Å². The molecule has 0 radical (unpaired) electrons. The van der Waals surface area contributed by atoms with Crippen molar-refractivity contribution in [2.45, 2.75) is 47.2 Å². The fraction of sp³-hybridized carbons (Fsp3) is 0.643. The van der Waals surface area contributed by atoms with Crippen LogP contribution in [0.25, 0.3) is 0 Å². The molecular formula is C14H24N2O. The Morgan fingerprint density at radius 2 is 2.00 bits per heavy atom. The van der Waals surface area contributed by atoms with Crippen molar-refractivity contribution in [3.05, 3.63) is 34.2 Å². The Hall–Kier alpha value is -1.09. The van der Waals surface area contributed by atoms with Crippen molar-refractivity contribution in [2.24, 2.45) is 5.41 Å². The van der Waals surface area contributed by atoms with Crippen LogP contribution in [0.1, 0.15) is 33.4 Å². The predicted octanol–water partition coefficient (Wildman–Crippen LogP) is 2.18. The topological polar surface area (TPSA) is 34.0 Å². The highest BCUT2D eigenvalue weighted by atomic mass is 16.1. The number of hydrogen-bond donors (Lipinski definition) is 1. The molecule has 17 heavy (non-hydrogen) atoms. The first-order valence-corrected chi connectivity index (χ1v) is 6.26. The third-order valence-electron chi connectivity index (χ3n) is 3.13. The molecule has 1 aromatic rings. The lowest BCUT2D eigenvalue weighted by Gasteiger charge is -2.32. The summed E-state index contributed by atoms with van der Waals surface area (Å²) in [6, 6.07) is 5.71. The van der Waals surface area contributed by atoms with E-state index in [1.807, 2.05) is 23.6 Å². The molecule has 0 aliphatic rings. The van der Waals surface area contributed by atoms with Crippen molar-refractivity contribution in [2.75, 3.05) is 6.54 Å². The number of nitrogens with one attached hydrogen (secondary N) is 1. The Morgan fingerprint density at radius 1 is 1.35 bits per heavy atom. The van der Waals surface area contributed by atoms with E-state index in [1.165, 1.54) is 0 Å². The lowest BCUT2D eigenvalue weighted by Crippen LogP contribution is -2.45. The third-order valence-corrected chi connectivity index (χ3v) is 3.13. The van der Waals surface area contributed by atoms with Gasteiger partial charge >= 0.3 is 0 Å². The van der Waals surface area contributed by atoms with Gasteiger partial charge in [0.1, 0.15) is 0 Å². The quantitative estimate of drug-likeness (QED) is 0.869. The number of hydrogen-bond acceptors (Lipinski definition) is 2. The molecule has 3 nitrogen and oxygen atoms in total. The van der Waals surface area contributed by atoms with E-state index in [9.17, 15) is 4.79 Å². The molecule has 0 aromatic carbocycles. The number of rotatable bonds is 4. The Bertz CT molecular complexity index is 415. The highest BCUT2D eigenvalue weighted by Gasteiger charge is 2.24. The summed E-state index contributed by atoms with van der Waals surface area (Å²) in [6.45, 7) is 12.3. The zero-order chi connectivity index (χ0) is 13.1. The van der Waals surface area contributed by atoms with Crippen molar-refractivity contribution in [3.8, 4) is 0 Å². The summed E-state index contributed by atoms with van der Waals surface area (Å²) in [6.07, 6.45) is 0. The summed E-state index contributed by atoms with van der Waals surface area (Å²) in [5.74, 6) is 0. The second-order valence-electron chi connectivity index (χ2n) is 5.59. The molecular weight excluding hydrogens is 212 g/mol. The van der Waals surface area contributed by atoms with Crippen molar-refractivity contribution in [1.29, 1.82) is 0 Å². The van der Waals surface area contributed by atoms with Crippen LogP contribution in [0.15, 0.2) is 23.0 Å². The predicted molar refractivity (Wildman–Crippen MR) is 72.4 cm³/mol. The number of nitrogens with zero attached hydrogens (tertiary/aromatic N) is 1. The molecule has 0 bridgehead atoms. The van der Waals surface area contributed by atoms with Crippen LogP contribution in [-0.2, 0) is 6.54 Å². The molecule has 0 amide bonds. The van der Waals surface area contributed by atoms with Gasteiger partial charge in [-0.2, -0.15) is 0 Å². The van der Waals surface area contributed by atoms with Gasteiger partial charge in [0.05, 0.1) is 0 Å². The van der Waals surface area contributed by atoms with E-state index < -0.39 is 0 Å². The number of likely N-dealkylation sites (N-methyl/N-ethyl adjacent to an activating group) is 1. The highest BCUT2D eigenvalue weighted by molar-refractivity contribution is 5.05. The Labute approximate surface area is 104 Å². The summed E-state index contributed by atoms with van der Waals surface area (Å²) >= 11 is 0. The van der Waals surface area contributed by atoms with Gasteiger partial charge in [-0.1, -0.05) is 33.8 Å². The first kappa shape index (κ1) is 14.0. The lowest BCUT2D eigenvalue weighted by atomic mass is 9.86. The molecule has 96 valence electrons. The van der Waals surface area contributed by atoms with Gasteiger partial charge in [0.15, 0.2) is 0 Å². The third kappa shape index (κ3) is 3.70. The van der Waals surface area contributed by atoms with Gasteiger partial charge in [-0.05, 0) is 24.9 Å². The van der Waals surface area contributed by atoms with Crippen LogP contribution in [0.5, 0.6) is 0 Å². The molecule has 0 saturated heterocycles. The Kier molecular flexibility index (Phi) is 4.52. The highest BCUT2D eigenvalue weighted by Crippen LogP contribution is 2.20. The summed E-state index contributed by atoms with van der Waals surface area (Å²) in [5, 5.41) is 3.47. The van der Waals surface area contributed by atoms with E-state index >= 15 is 0 Å². The van der Waals surface area contributed by atoms with Crippen LogP contribution in [0.3, 0.4) is 0 Å². The maximum absolute atomic E-state index is 11.8. The largest absolute Gasteiger partial charge is 0.312 e. The summed E-state index contributed by atoms with van der Waals surface area (Å²) < 4.78 is 1.85. The van der Waals surface area contributed by atoms with E-state index in [4.69, 9.17) is 0 Å². The minimum atomic E-state index is 0.0807. The van der Waals surface area contributed by atoms with Crippen LogP contribution in [-0.4, -0.2) is 17.2 Å². The molecule has 3 heteroatoms. The molecule has 1 aromatic heterocycles. The standard InChI is InChI=1S/C14H24N2O/c1-6-15-12(14(3,4)5)10-16-11(2)8-7-9-13(16)17/h7-9,12,15H,6,10H2,1-5H3. The van der Waals surface area contributed by atoms with Crippen LogP contribution in [0, 0.1) is 12.3 Å². The first-order chi connectivity index (χ1) is 7.86. The van der Waals surface area contributed by atoms with Crippen LogP contribution in [0.2, 0.25) is 0 Å². The Balaban J connectivity index is 2.98. The fourth-order valence-electron chi connectivity index (χ4n) is 1.93.